The summed E-state index contributed by atoms with van der Waals surface area (Å²) in [7, 11) is 0. The lowest BCUT2D eigenvalue weighted by Gasteiger charge is -2.26. The molecule has 3 unspecified atom stereocenters. The monoisotopic (exact) mass is 618 g/mol. The van der Waals surface area contributed by atoms with Gasteiger partial charge >= 0.3 is 0 Å². The van der Waals surface area contributed by atoms with Crippen LogP contribution in [0.3, 0.4) is 0 Å². The smallest absolute Gasteiger partial charge is 0.227 e. The van der Waals surface area contributed by atoms with Crippen LogP contribution < -0.4 is 10.6 Å². The van der Waals surface area contributed by atoms with Crippen molar-refractivity contribution in [3.8, 4) is 0 Å². The van der Waals surface area contributed by atoms with Crippen molar-refractivity contribution in [2.75, 3.05) is 6.54 Å². The molecule has 0 spiro atoms. The fourth-order valence-corrected chi connectivity index (χ4v) is 4.70. The van der Waals surface area contributed by atoms with E-state index < -0.39 is 29.7 Å². The third kappa shape index (κ3) is 9.32. The number of amides is 1. The molecule has 0 aliphatic rings. The summed E-state index contributed by atoms with van der Waals surface area (Å²) in [4.78, 5) is 13.2. The minimum Gasteiger partial charge on any atom is -0.390 e. The van der Waals surface area contributed by atoms with Gasteiger partial charge < -0.3 is 15.7 Å². The van der Waals surface area contributed by atoms with E-state index >= 15 is 0 Å². The first-order valence-electron chi connectivity index (χ1n) is 12.2. The van der Waals surface area contributed by atoms with Crippen molar-refractivity contribution in [2.24, 2.45) is 0 Å². The molecule has 0 heterocycles. The number of halogens is 3. The Morgan fingerprint density at radius 1 is 1.00 bits per heavy atom. The van der Waals surface area contributed by atoms with E-state index in [0.29, 0.717) is 12.1 Å². The van der Waals surface area contributed by atoms with Crippen LogP contribution in [0.2, 0.25) is 0 Å². The van der Waals surface area contributed by atoms with Gasteiger partial charge in [0.15, 0.2) is 0 Å². The van der Waals surface area contributed by atoms with Crippen molar-refractivity contribution >= 4 is 34.6 Å². The number of hydrogen-bond acceptors (Lipinski definition) is 3. The maximum atomic E-state index is 13.8. The molecular formula is C30H33F2IN2O2. The second-order valence-corrected chi connectivity index (χ2v) is 10.8. The fourth-order valence-electron chi connectivity index (χ4n) is 4.09. The minimum absolute atomic E-state index is 0.0821. The van der Waals surface area contributed by atoms with Crippen molar-refractivity contribution in [1.82, 2.24) is 10.6 Å². The van der Waals surface area contributed by atoms with Crippen LogP contribution in [0.5, 0.6) is 0 Å². The second-order valence-electron chi connectivity index (χ2n) is 9.54. The number of aliphatic hydroxyl groups excluding tert-OH is 1. The van der Waals surface area contributed by atoms with Gasteiger partial charge in [-0.2, -0.15) is 0 Å². The quantitative estimate of drug-likeness (QED) is 0.232. The SMILES string of the molecule is CC(C)=Cc1ccc(C(C)C(=O)NC(Cc2cc(F)cc(F)c2)C(O)CNCc2cccc(I)c2)cc1. The normalized spacial score (nSPS) is 13.5. The number of nitrogens with one attached hydrogen (secondary N) is 2. The lowest BCUT2D eigenvalue weighted by molar-refractivity contribution is -0.123. The first-order valence-corrected chi connectivity index (χ1v) is 13.3. The van der Waals surface area contributed by atoms with Gasteiger partial charge in [0.1, 0.15) is 11.6 Å². The summed E-state index contributed by atoms with van der Waals surface area (Å²) in [5.41, 5.74) is 4.50. The molecule has 0 saturated carbocycles. The van der Waals surface area contributed by atoms with Gasteiger partial charge in [-0.1, -0.05) is 48.0 Å². The zero-order valence-electron chi connectivity index (χ0n) is 21.3. The van der Waals surface area contributed by atoms with Crippen LogP contribution in [-0.4, -0.2) is 29.7 Å². The Bertz CT molecular complexity index is 1210. The van der Waals surface area contributed by atoms with Crippen molar-refractivity contribution in [2.45, 2.75) is 51.8 Å². The van der Waals surface area contributed by atoms with Crippen LogP contribution in [0.1, 0.15) is 48.9 Å². The molecule has 3 N–H and O–H groups in total. The summed E-state index contributed by atoms with van der Waals surface area (Å²) in [6.45, 7) is 6.58. The number of rotatable bonds is 11. The van der Waals surface area contributed by atoms with Gasteiger partial charge in [-0.3, -0.25) is 4.79 Å². The minimum atomic E-state index is -0.981. The van der Waals surface area contributed by atoms with Gasteiger partial charge in [-0.15, -0.1) is 0 Å². The fraction of sp³-hybridized carbons (Fsp3) is 0.300. The Kier molecular flexibility index (Phi) is 10.8. The van der Waals surface area contributed by atoms with Crippen molar-refractivity contribution in [3.05, 3.63) is 110 Å². The van der Waals surface area contributed by atoms with Crippen LogP contribution in [0, 0.1) is 15.2 Å². The number of carbonyl (C=O) groups excluding carboxylic acids is 1. The van der Waals surface area contributed by atoms with Crippen LogP contribution in [0.25, 0.3) is 6.08 Å². The molecule has 3 aromatic carbocycles. The Balaban J connectivity index is 1.71. The van der Waals surface area contributed by atoms with E-state index in [1.54, 1.807) is 6.92 Å². The molecule has 7 heteroatoms. The zero-order valence-corrected chi connectivity index (χ0v) is 23.4. The number of carbonyl (C=O) groups is 1. The highest BCUT2D eigenvalue weighted by molar-refractivity contribution is 14.1. The lowest BCUT2D eigenvalue weighted by atomic mass is 9.96. The first-order chi connectivity index (χ1) is 17.6. The molecule has 0 fully saturated rings. The maximum absolute atomic E-state index is 13.8. The Hall–Kier alpha value is -2.62. The van der Waals surface area contributed by atoms with Gasteiger partial charge in [-0.05, 0) is 96.3 Å². The molecule has 4 nitrogen and oxygen atoms in total. The topological polar surface area (TPSA) is 61.4 Å². The van der Waals surface area contributed by atoms with E-state index in [2.05, 4.69) is 39.3 Å². The highest BCUT2D eigenvalue weighted by Crippen LogP contribution is 2.19. The Morgan fingerprint density at radius 3 is 2.30 bits per heavy atom. The Morgan fingerprint density at radius 2 is 1.68 bits per heavy atom. The van der Waals surface area contributed by atoms with Crippen molar-refractivity contribution in [3.63, 3.8) is 0 Å². The molecule has 0 bridgehead atoms. The van der Waals surface area contributed by atoms with Gasteiger partial charge in [0, 0.05) is 22.7 Å². The summed E-state index contributed by atoms with van der Waals surface area (Å²) < 4.78 is 28.7. The number of benzene rings is 3. The molecule has 37 heavy (non-hydrogen) atoms. The molecule has 3 rings (SSSR count). The van der Waals surface area contributed by atoms with Gasteiger partial charge in [0.25, 0.3) is 0 Å². The highest BCUT2D eigenvalue weighted by atomic mass is 127. The summed E-state index contributed by atoms with van der Waals surface area (Å²) >= 11 is 2.24. The molecule has 0 aromatic heterocycles. The van der Waals surface area contributed by atoms with Crippen LogP contribution in [0.15, 0.2) is 72.3 Å². The summed E-state index contributed by atoms with van der Waals surface area (Å²) in [6.07, 6.45) is 1.16. The van der Waals surface area contributed by atoms with Gasteiger partial charge in [-0.25, -0.2) is 8.78 Å². The summed E-state index contributed by atoms with van der Waals surface area (Å²) in [5.74, 6) is -2.14. The first kappa shape index (κ1) is 28.9. The molecule has 196 valence electrons. The molecule has 3 atom stereocenters. The zero-order chi connectivity index (χ0) is 26.9. The van der Waals surface area contributed by atoms with E-state index in [1.165, 1.54) is 17.7 Å². The van der Waals surface area contributed by atoms with Crippen molar-refractivity contribution in [1.29, 1.82) is 0 Å². The van der Waals surface area contributed by atoms with E-state index in [9.17, 15) is 18.7 Å². The highest BCUT2D eigenvalue weighted by Gasteiger charge is 2.25. The maximum Gasteiger partial charge on any atom is 0.227 e. The van der Waals surface area contributed by atoms with E-state index in [-0.39, 0.29) is 18.9 Å². The van der Waals surface area contributed by atoms with Crippen LogP contribution in [0.4, 0.5) is 8.78 Å². The third-order valence-corrected chi connectivity index (χ3v) is 6.70. The molecule has 0 aliphatic heterocycles. The van der Waals surface area contributed by atoms with Crippen LogP contribution in [-0.2, 0) is 17.8 Å². The summed E-state index contributed by atoms with van der Waals surface area (Å²) in [6, 6.07) is 18.2. The predicted octanol–water partition coefficient (Wildman–Crippen LogP) is 5.97. The van der Waals surface area contributed by atoms with Gasteiger partial charge in [0.2, 0.25) is 5.91 Å². The van der Waals surface area contributed by atoms with E-state index in [4.69, 9.17) is 0 Å². The molecule has 0 aliphatic carbocycles. The lowest BCUT2D eigenvalue weighted by Crippen LogP contribution is -2.49. The van der Waals surface area contributed by atoms with E-state index in [1.807, 2.05) is 62.4 Å². The van der Waals surface area contributed by atoms with Crippen molar-refractivity contribution < 1.29 is 18.7 Å². The number of aliphatic hydroxyl groups is 1. The standard InChI is InChI=1S/C30H33F2IN2O2/c1-19(2)11-21-7-9-24(10-8-21)20(3)30(37)35-28(15-23-12-25(31)16-26(32)13-23)29(36)18-34-17-22-5-4-6-27(33)14-22/h4-14,16,20,28-29,34,36H,15,17-18H2,1-3H3,(H,35,37). The number of allylic oxidation sites excluding steroid dienone is 1. The second kappa shape index (κ2) is 13.8. The molecular weight excluding hydrogens is 585 g/mol. The average molecular weight is 619 g/mol. The molecule has 0 radical (unpaired) electrons. The average Bonchev–Trinajstić information content (AvgIpc) is 2.82. The third-order valence-electron chi connectivity index (χ3n) is 6.03. The summed E-state index contributed by atoms with van der Waals surface area (Å²) in [5, 5.41) is 17.1. The Labute approximate surface area is 231 Å². The molecule has 3 aromatic rings. The molecule has 0 saturated heterocycles. The largest absolute Gasteiger partial charge is 0.390 e. The van der Waals surface area contributed by atoms with E-state index in [0.717, 1.165) is 26.3 Å². The van der Waals surface area contributed by atoms with Crippen LogP contribution >= 0.6 is 22.6 Å². The molecule has 1 amide bonds. The predicted molar refractivity (Wildman–Crippen MR) is 153 cm³/mol. The van der Waals surface area contributed by atoms with Gasteiger partial charge in [0.05, 0.1) is 18.1 Å². The number of hydrogen-bond donors (Lipinski definition) is 3.